The quantitative estimate of drug-likeness (QED) is 0.925. The van der Waals surface area contributed by atoms with Gasteiger partial charge in [0.05, 0.1) is 6.54 Å². The summed E-state index contributed by atoms with van der Waals surface area (Å²) in [5, 5.41) is 3.28. The number of carbonyl (C=O) groups is 1. The molecule has 0 atom stereocenters. The molecule has 0 amide bonds. The second-order valence-electron chi connectivity index (χ2n) is 4.91. The van der Waals surface area contributed by atoms with Gasteiger partial charge in [0.2, 0.25) is 0 Å². The van der Waals surface area contributed by atoms with Gasteiger partial charge in [0.1, 0.15) is 18.0 Å². The standard InChI is InChI=1S/C15H16N4O/c1-11-4-2-3-5-13(11)18-14-8-15(17-10-16-14)19-7-6-12(20)9-19/h2-5,8,10H,6-7,9H2,1H3,(H,16,17,18). The van der Waals surface area contributed by atoms with Crippen LogP contribution in [0.15, 0.2) is 36.7 Å². The topological polar surface area (TPSA) is 58.1 Å². The molecule has 5 heteroatoms. The van der Waals surface area contributed by atoms with Crippen molar-refractivity contribution in [1.82, 2.24) is 9.97 Å². The highest BCUT2D eigenvalue weighted by Gasteiger charge is 2.20. The fraction of sp³-hybridized carbons (Fsp3) is 0.267. The van der Waals surface area contributed by atoms with Gasteiger partial charge < -0.3 is 10.2 Å². The molecular formula is C15H16N4O. The van der Waals surface area contributed by atoms with Gasteiger partial charge in [-0.15, -0.1) is 0 Å². The lowest BCUT2D eigenvalue weighted by Gasteiger charge is -2.16. The summed E-state index contributed by atoms with van der Waals surface area (Å²) in [5.74, 6) is 1.79. The van der Waals surface area contributed by atoms with Crippen molar-refractivity contribution in [2.75, 3.05) is 23.3 Å². The maximum atomic E-state index is 11.3. The molecule has 20 heavy (non-hydrogen) atoms. The molecule has 2 heterocycles. The van der Waals surface area contributed by atoms with Gasteiger partial charge in [-0.05, 0) is 18.6 Å². The zero-order valence-electron chi connectivity index (χ0n) is 11.3. The zero-order valence-corrected chi connectivity index (χ0v) is 11.3. The normalized spacial score (nSPS) is 14.7. The number of hydrogen-bond donors (Lipinski definition) is 1. The SMILES string of the molecule is Cc1ccccc1Nc1cc(N2CCC(=O)C2)ncn1. The minimum Gasteiger partial charge on any atom is -0.349 e. The largest absolute Gasteiger partial charge is 0.349 e. The van der Waals surface area contributed by atoms with E-state index in [2.05, 4.69) is 15.3 Å². The number of carbonyl (C=O) groups excluding carboxylic acids is 1. The minimum absolute atomic E-state index is 0.261. The zero-order chi connectivity index (χ0) is 13.9. The van der Waals surface area contributed by atoms with Crippen LogP contribution in [0, 0.1) is 6.92 Å². The molecule has 1 aliphatic heterocycles. The van der Waals surface area contributed by atoms with Crippen LogP contribution in [-0.2, 0) is 4.79 Å². The first kappa shape index (κ1) is 12.6. The van der Waals surface area contributed by atoms with Crippen molar-refractivity contribution in [3.63, 3.8) is 0 Å². The van der Waals surface area contributed by atoms with Crippen LogP contribution in [0.25, 0.3) is 0 Å². The maximum absolute atomic E-state index is 11.3. The number of aryl methyl sites for hydroxylation is 1. The fourth-order valence-corrected chi connectivity index (χ4v) is 2.27. The van der Waals surface area contributed by atoms with Gasteiger partial charge in [-0.2, -0.15) is 0 Å². The van der Waals surface area contributed by atoms with E-state index in [4.69, 9.17) is 0 Å². The van der Waals surface area contributed by atoms with Crippen LogP contribution in [0.1, 0.15) is 12.0 Å². The molecule has 3 rings (SSSR count). The van der Waals surface area contributed by atoms with Crippen molar-refractivity contribution in [2.45, 2.75) is 13.3 Å². The molecule has 0 saturated carbocycles. The van der Waals surface area contributed by atoms with Crippen LogP contribution >= 0.6 is 0 Å². The lowest BCUT2D eigenvalue weighted by atomic mass is 10.2. The molecule has 1 N–H and O–H groups in total. The summed E-state index contributed by atoms with van der Waals surface area (Å²) in [7, 11) is 0. The minimum atomic E-state index is 0.261. The van der Waals surface area contributed by atoms with Crippen LogP contribution in [0.5, 0.6) is 0 Å². The smallest absolute Gasteiger partial charge is 0.153 e. The van der Waals surface area contributed by atoms with Crippen LogP contribution < -0.4 is 10.2 Å². The third kappa shape index (κ3) is 2.61. The Morgan fingerprint density at radius 1 is 1.25 bits per heavy atom. The van der Waals surface area contributed by atoms with E-state index < -0.39 is 0 Å². The van der Waals surface area contributed by atoms with E-state index in [1.54, 1.807) is 0 Å². The summed E-state index contributed by atoms with van der Waals surface area (Å²) in [4.78, 5) is 21.8. The van der Waals surface area contributed by atoms with Crippen LogP contribution in [0.4, 0.5) is 17.3 Å². The number of benzene rings is 1. The third-order valence-corrected chi connectivity index (χ3v) is 3.41. The van der Waals surface area contributed by atoms with Gasteiger partial charge in [-0.1, -0.05) is 18.2 Å². The number of nitrogens with zero attached hydrogens (tertiary/aromatic N) is 3. The molecule has 5 nitrogen and oxygen atoms in total. The summed E-state index contributed by atoms with van der Waals surface area (Å²) in [6.07, 6.45) is 2.13. The predicted molar refractivity (Wildman–Crippen MR) is 78.3 cm³/mol. The molecule has 1 fully saturated rings. The summed E-state index contributed by atoms with van der Waals surface area (Å²) in [5.41, 5.74) is 2.18. The Hall–Kier alpha value is -2.43. The molecule has 2 aromatic rings. The van der Waals surface area contributed by atoms with E-state index in [-0.39, 0.29) is 5.78 Å². The van der Waals surface area contributed by atoms with Crippen LogP contribution in [0.2, 0.25) is 0 Å². The summed E-state index contributed by atoms with van der Waals surface area (Å²) in [6, 6.07) is 9.92. The Bertz CT molecular complexity index is 641. The molecule has 0 radical (unpaired) electrons. The Kier molecular flexibility index (Phi) is 3.33. The summed E-state index contributed by atoms with van der Waals surface area (Å²) in [6.45, 7) is 3.23. The van der Waals surface area contributed by atoms with E-state index in [0.717, 1.165) is 29.4 Å². The molecular weight excluding hydrogens is 252 g/mol. The molecule has 1 aromatic heterocycles. The Balaban J connectivity index is 1.81. The highest BCUT2D eigenvalue weighted by Crippen LogP contribution is 2.22. The summed E-state index contributed by atoms with van der Waals surface area (Å²) >= 11 is 0. The van der Waals surface area contributed by atoms with Crippen LogP contribution in [-0.4, -0.2) is 28.8 Å². The van der Waals surface area contributed by atoms with Gasteiger partial charge in [0.25, 0.3) is 0 Å². The van der Waals surface area contributed by atoms with Gasteiger partial charge in [-0.3, -0.25) is 4.79 Å². The lowest BCUT2D eigenvalue weighted by Crippen LogP contribution is -2.20. The molecule has 1 aromatic carbocycles. The summed E-state index contributed by atoms with van der Waals surface area (Å²) < 4.78 is 0. The average molecular weight is 268 g/mol. The Morgan fingerprint density at radius 2 is 2.10 bits per heavy atom. The fourth-order valence-electron chi connectivity index (χ4n) is 2.27. The highest BCUT2D eigenvalue weighted by molar-refractivity contribution is 5.86. The van der Waals surface area contributed by atoms with Crippen molar-refractivity contribution >= 4 is 23.1 Å². The second kappa shape index (κ2) is 5.28. The third-order valence-electron chi connectivity index (χ3n) is 3.41. The van der Waals surface area contributed by atoms with E-state index in [1.807, 2.05) is 42.2 Å². The van der Waals surface area contributed by atoms with Crippen molar-refractivity contribution in [1.29, 1.82) is 0 Å². The van der Waals surface area contributed by atoms with E-state index >= 15 is 0 Å². The van der Waals surface area contributed by atoms with Crippen molar-refractivity contribution in [3.05, 3.63) is 42.2 Å². The first-order valence-electron chi connectivity index (χ1n) is 6.64. The predicted octanol–water partition coefficient (Wildman–Crippen LogP) is 2.31. The number of nitrogens with one attached hydrogen (secondary N) is 1. The monoisotopic (exact) mass is 268 g/mol. The van der Waals surface area contributed by atoms with Crippen molar-refractivity contribution in [2.24, 2.45) is 0 Å². The van der Waals surface area contributed by atoms with Gasteiger partial charge in [0.15, 0.2) is 5.78 Å². The highest BCUT2D eigenvalue weighted by atomic mass is 16.1. The molecule has 102 valence electrons. The molecule has 0 aliphatic carbocycles. The molecule has 1 aliphatic rings. The maximum Gasteiger partial charge on any atom is 0.153 e. The second-order valence-corrected chi connectivity index (χ2v) is 4.91. The molecule has 0 bridgehead atoms. The average Bonchev–Trinajstić information content (AvgIpc) is 2.89. The van der Waals surface area contributed by atoms with Gasteiger partial charge >= 0.3 is 0 Å². The number of anilines is 3. The van der Waals surface area contributed by atoms with Crippen LogP contribution in [0.3, 0.4) is 0 Å². The lowest BCUT2D eigenvalue weighted by molar-refractivity contribution is -0.116. The van der Waals surface area contributed by atoms with E-state index in [1.165, 1.54) is 6.33 Å². The molecule has 1 saturated heterocycles. The van der Waals surface area contributed by atoms with E-state index in [0.29, 0.717) is 13.0 Å². The van der Waals surface area contributed by atoms with Gasteiger partial charge in [-0.25, -0.2) is 9.97 Å². The number of rotatable bonds is 3. The number of Topliss-reactive ketones (excluding diaryl/α,β-unsaturated/α-hetero) is 1. The number of aromatic nitrogens is 2. The Labute approximate surface area is 117 Å². The molecule has 0 unspecified atom stereocenters. The first-order chi connectivity index (χ1) is 9.72. The van der Waals surface area contributed by atoms with Gasteiger partial charge in [0, 0.05) is 24.7 Å². The number of ketones is 1. The van der Waals surface area contributed by atoms with Crippen molar-refractivity contribution < 1.29 is 4.79 Å². The van der Waals surface area contributed by atoms with Crippen molar-refractivity contribution in [3.8, 4) is 0 Å². The number of para-hydroxylation sites is 1. The molecule has 0 spiro atoms. The van der Waals surface area contributed by atoms with E-state index in [9.17, 15) is 4.79 Å². The first-order valence-corrected chi connectivity index (χ1v) is 6.64. The Morgan fingerprint density at radius 3 is 2.85 bits per heavy atom. The number of hydrogen-bond acceptors (Lipinski definition) is 5.